The number of anilines is 1. The molecule has 0 N–H and O–H groups in total. The zero-order valence-electron chi connectivity index (χ0n) is 19.8. The summed E-state index contributed by atoms with van der Waals surface area (Å²) in [5, 5.41) is 0. The molecule has 182 valence electrons. The highest BCUT2D eigenvalue weighted by atomic mass is 32.2. The number of aromatic nitrogens is 1. The van der Waals surface area contributed by atoms with Gasteiger partial charge in [0, 0.05) is 31.3 Å². The summed E-state index contributed by atoms with van der Waals surface area (Å²) < 4.78 is 40.8. The quantitative estimate of drug-likeness (QED) is 0.369. The molecule has 0 bridgehead atoms. The Morgan fingerprint density at radius 1 is 1.00 bits per heavy atom. The van der Waals surface area contributed by atoms with E-state index in [0.717, 1.165) is 10.2 Å². The Balaban J connectivity index is 1.67. The second-order valence-electron chi connectivity index (χ2n) is 7.55. The summed E-state index contributed by atoms with van der Waals surface area (Å²) in [7, 11) is 0.868. The Hall–Kier alpha value is -3.63. The molecule has 0 saturated carbocycles. The minimum Gasteiger partial charge on any atom is -0.493 e. The molecule has 1 aromatic heterocycles. The van der Waals surface area contributed by atoms with Gasteiger partial charge < -0.3 is 14.0 Å². The van der Waals surface area contributed by atoms with E-state index in [9.17, 15) is 13.2 Å². The van der Waals surface area contributed by atoms with Gasteiger partial charge in [-0.05, 0) is 43.3 Å². The van der Waals surface area contributed by atoms with Crippen molar-refractivity contribution in [1.29, 1.82) is 0 Å². The number of ether oxygens (including phenoxy) is 2. The summed E-state index contributed by atoms with van der Waals surface area (Å²) in [5.41, 5.74) is 1.72. The Kier molecular flexibility index (Phi) is 6.95. The fourth-order valence-electron chi connectivity index (χ4n) is 3.64. The third-order valence-corrected chi connectivity index (χ3v) is 8.42. The van der Waals surface area contributed by atoms with Crippen molar-refractivity contribution in [3.05, 3.63) is 77.1 Å². The van der Waals surface area contributed by atoms with Gasteiger partial charge in [-0.2, -0.15) is 4.99 Å². The smallest absolute Gasteiger partial charge is 0.279 e. The second-order valence-corrected chi connectivity index (χ2v) is 10.5. The van der Waals surface area contributed by atoms with Gasteiger partial charge in [0.2, 0.25) is 0 Å². The lowest BCUT2D eigenvalue weighted by Gasteiger charge is -2.19. The highest BCUT2D eigenvalue weighted by Gasteiger charge is 2.21. The van der Waals surface area contributed by atoms with Crippen LogP contribution in [0, 0.1) is 0 Å². The summed E-state index contributed by atoms with van der Waals surface area (Å²) in [6.45, 7) is 2.57. The van der Waals surface area contributed by atoms with Gasteiger partial charge in [0.05, 0.1) is 35.0 Å². The number of hydrogen-bond acceptors (Lipinski definition) is 6. The first kappa shape index (κ1) is 24.5. The Morgan fingerprint density at radius 3 is 2.23 bits per heavy atom. The maximum Gasteiger partial charge on any atom is 0.279 e. The summed E-state index contributed by atoms with van der Waals surface area (Å²) in [4.78, 5) is 17.9. The molecule has 0 aliphatic heterocycles. The third kappa shape index (κ3) is 4.67. The van der Waals surface area contributed by atoms with E-state index in [1.54, 1.807) is 38.5 Å². The molecule has 1 heterocycles. The minimum atomic E-state index is -3.77. The van der Waals surface area contributed by atoms with E-state index in [1.807, 2.05) is 29.7 Å². The van der Waals surface area contributed by atoms with Gasteiger partial charge in [0.1, 0.15) is 0 Å². The maximum atomic E-state index is 13.0. The number of amides is 1. The van der Waals surface area contributed by atoms with Gasteiger partial charge in [-0.15, -0.1) is 0 Å². The van der Waals surface area contributed by atoms with Crippen LogP contribution in [0.1, 0.15) is 17.3 Å². The topological polar surface area (TPSA) is 90.2 Å². The van der Waals surface area contributed by atoms with Crippen molar-refractivity contribution in [2.75, 3.05) is 25.6 Å². The summed E-state index contributed by atoms with van der Waals surface area (Å²) in [6, 6.07) is 18.3. The van der Waals surface area contributed by atoms with Crippen LogP contribution in [0.5, 0.6) is 11.5 Å². The van der Waals surface area contributed by atoms with Crippen LogP contribution in [0.2, 0.25) is 0 Å². The van der Waals surface area contributed by atoms with Crippen LogP contribution in [-0.4, -0.2) is 40.2 Å². The first-order chi connectivity index (χ1) is 16.8. The van der Waals surface area contributed by atoms with E-state index in [-0.39, 0.29) is 4.90 Å². The van der Waals surface area contributed by atoms with Crippen molar-refractivity contribution in [3.63, 3.8) is 0 Å². The molecule has 0 aliphatic rings. The zero-order valence-corrected chi connectivity index (χ0v) is 21.4. The van der Waals surface area contributed by atoms with Gasteiger partial charge in [-0.1, -0.05) is 29.5 Å². The average molecular weight is 512 g/mol. The zero-order chi connectivity index (χ0) is 25.2. The second kappa shape index (κ2) is 9.93. The lowest BCUT2D eigenvalue weighted by molar-refractivity contribution is 0.0997. The SMILES string of the molecule is CCn1c(=NC(=O)c2ccc(S(=O)(=O)N(C)c3ccccc3)cc2)sc2cc(OC)c(OC)cc21. The van der Waals surface area contributed by atoms with Gasteiger partial charge in [0.15, 0.2) is 16.3 Å². The van der Waals surface area contributed by atoms with Gasteiger partial charge in [0.25, 0.3) is 15.9 Å². The van der Waals surface area contributed by atoms with Crippen molar-refractivity contribution in [2.24, 2.45) is 4.99 Å². The first-order valence-electron chi connectivity index (χ1n) is 10.8. The van der Waals surface area contributed by atoms with E-state index in [2.05, 4.69) is 4.99 Å². The molecule has 1 amide bonds. The molecule has 8 nitrogen and oxygen atoms in total. The molecule has 10 heteroatoms. The maximum absolute atomic E-state index is 13.0. The Morgan fingerprint density at radius 2 is 1.63 bits per heavy atom. The van der Waals surface area contributed by atoms with E-state index in [4.69, 9.17) is 9.47 Å². The summed E-state index contributed by atoms with van der Waals surface area (Å²) >= 11 is 1.37. The van der Waals surface area contributed by atoms with E-state index >= 15 is 0 Å². The molecule has 0 aliphatic carbocycles. The monoisotopic (exact) mass is 511 g/mol. The lowest BCUT2D eigenvalue weighted by Crippen LogP contribution is -2.26. The van der Waals surface area contributed by atoms with Gasteiger partial charge >= 0.3 is 0 Å². The molecule has 3 aromatic carbocycles. The fraction of sp³-hybridized carbons (Fsp3) is 0.200. The number of benzene rings is 3. The number of nitrogens with zero attached hydrogens (tertiary/aromatic N) is 3. The van der Waals surface area contributed by atoms with Crippen LogP contribution >= 0.6 is 11.3 Å². The molecule has 0 fully saturated rings. The lowest BCUT2D eigenvalue weighted by atomic mass is 10.2. The number of carbonyl (C=O) groups is 1. The van der Waals surface area contributed by atoms with Crippen molar-refractivity contribution in [3.8, 4) is 11.5 Å². The van der Waals surface area contributed by atoms with Gasteiger partial charge in [-0.3, -0.25) is 9.10 Å². The predicted octanol–water partition coefficient (Wildman–Crippen LogP) is 4.31. The normalized spacial score (nSPS) is 12.1. The minimum absolute atomic E-state index is 0.0880. The van der Waals surface area contributed by atoms with Crippen LogP contribution in [0.4, 0.5) is 5.69 Å². The number of carbonyl (C=O) groups excluding carboxylic acids is 1. The predicted molar refractivity (Wildman–Crippen MR) is 137 cm³/mol. The molecule has 0 unspecified atom stereocenters. The molecule has 4 aromatic rings. The number of methoxy groups -OCH3 is 2. The Labute approximate surface area is 207 Å². The van der Waals surface area contributed by atoms with E-state index in [0.29, 0.717) is 34.1 Å². The number of hydrogen-bond donors (Lipinski definition) is 0. The molecule has 4 rings (SSSR count). The number of sulfonamides is 1. The van der Waals surface area contributed by atoms with E-state index < -0.39 is 15.9 Å². The number of thiazole rings is 1. The number of aryl methyl sites for hydroxylation is 1. The van der Waals surface area contributed by atoms with Crippen LogP contribution in [0.25, 0.3) is 10.2 Å². The van der Waals surface area contributed by atoms with Crippen LogP contribution < -0.4 is 18.6 Å². The molecule has 0 saturated heterocycles. The number of fused-ring (bicyclic) bond motifs is 1. The molecule has 35 heavy (non-hydrogen) atoms. The van der Waals surface area contributed by atoms with Crippen LogP contribution in [-0.2, 0) is 16.6 Å². The third-order valence-electron chi connectivity index (χ3n) is 5.58. The highest BCUT2D eigenvalue weighted by Crippen LogP contribution is 2.33. The van der Waals surface area contributed by atoms with Crippen molar-refractivity contribution >= 4 is 43.2 Å². The summed E-state index contributed by atoms with van der Waals surface area (Å²) in [6.07, 6.45) is 0. The fourth-order valence-corrected chi connectivity index (χ4v) is 5.94. The molecular weight excluding hydrogens is 486 g/mol. The number of rotatable bonds is 7. The van der Waals surface area contributed by atoms with Crippen molar-refractivity contribution in [1.82, 2.24) is 4.57 Å². The molecule has 0 radical (unpaired) electrons. The average Bonchev–Trinajstić information content (AvgIpc) is 3.23. The number of para-hydroxylation sites is 1. The van der Waals surface area contributed by atoms with Crippen molar-refractivity contribution < 1.29 is 22.7 Å². The molecular formula is C25H25N3O5S2. The molecule has 0 atom stereocenters. The largest absolute Gasteiger partial charge is 0.493 e. The first-order valence-corrected chi connectivity index (χ1v) is 13.0. The van der Waals surface area contributed by atoms with Gasteiger partial charge in [-0.25, -0.2) is 8.42 Å². The standard InChI is InChI=1S/C25H25N3O5S2/c1-5-28-20-15-21(32-3)22(33-4)16-23(20)34-25(28)26-24(29)17-11-13-19(14-12-17)35(30,31)27(2)18-9-7-6-8-10-18/h6-16H,5H2,1-4H3. The van der Waals surface area contributed by atoms with Crippen LogP contribution in [0.15, 0.2) is 76.6 Å². The van der Waals surface area contributed by atoms with E-state index in [1.165, 1.54) is 47.0 Å². The molecule has 0 spiro atoms. The van der Waals surface area contributed by atoms with Crippen molar-refractivity contribution in [2.45, 2.75) is 18.4 Å². The Bertz CT molecular complexity index is 1540. The summed E-state index contributed by atoms with van der Waals surface area (Å²) in [5.74, 6) is 0.729. The highest BCUT2D eigenvalue weighted by molar-refractivity contribution is 7.92. The van der Waals surface area contributed by atoms with Crippen LogP contribution in [0.3, 0.4) is 0 Å².